The van der Waals surface area contributed by atoms with Crippen molar-refractivity contribution in [2.75, 3.05) is 20.2 Å². The van der Waals surface area contributed by atoms with Gasteiger partial charge in [0.05, 0.1) is 7.11 Å². The Hall–Kier alpha value is -2.53. The summed E-state index contributed by atoms with van der Waals surface area (Å²) < 4.78 is 5.12. The van der Waals surface area contributed by atoms with Crippen LogP contribution in [0.15, 0.2) is 48.5 Å². The Bertz CT molecular complexity index is 665. The normalized spacial score (nSPS) is 10.6. The molecular weight excluding hydrogens is 326 g/mol. The van der Waals surface area contributed by atoms with Crippen molar-refractivity contribution in [3.8, 4) is 5.75 Å². The van der Waals surface area contributed by atoms with Gasteiger partial charge in [-0.2, -0.15) is 0 Å². The van der Waals surface area contributed by atoms with Crippen LogP contribution in [0.4, 0.5) is 4.79 Å². The van der Waals surface area contributed by atoms with E-state index in [2.05, 4.69) is 53.6 Å². The fourth-order valence-corrected chi connectivity index (χ4v) is 2.64. The zero-order valence-corrected chi connectivity index (χ0v) is 15.9. The number of hydrogen-bond acceptors (Lipinski definition) is 3. The Morgan fingerprint density at radius 1 is 0.846 bits per heavy atom. The van der Waals surface area contributed by atoms with Crippen LogP contribution in [0.2, 0.25) is 0 Å². The first-order valence-electron chi connectivity index (χ1n) is 9.09. The molecule has 0 radical (unpaired) electrons. The van der Waals surface area contributed by atoms with Crippen LogP contribution in [-0.4, -0.2) is 31.1 Å². The number of ether oxygens (including phenoxy) is 1. The summed E-state index contributed by atoms with van der Waals surface area (Å²) in [6.45, 7) is 8.41. The number of benzene rings is 2. The first-order chi connectivity index (χ1) is 12.6. The molecule has 26 heavy (non-hydrogen) atoms. The SMILES string of the molecule is CCN(CC)Cc1ccc(CNC(=O)NCc2ccc(OC)cc2)cc1. The lowest BCUT2D eigenvalue weighted by atomic mass is 10.1. The predicted octanol–water partition coefficient (Wildman–Crippen LogP) is 3.54. The fraction of sp³-hybridized carbons (Fsp3) is 0.381. The molecule has 0 atom stereocenters. The molecule has 0 heterocycles. The van der Waals surface area contributed by atoms with Crippen molar-refractivity contribution < 1.29 is 9.53 Å². The maximum Gasteiger partial charge on any atom is 0.315 e. The van der Waals surface area contributed by atoms with Crippen LogP contribution in [-0.2, 0) is 19.6 Å². The summed E-state index contributed by atoms with van der Waals surface area (Å²) in [6.07, 6.45) is 0. The van der Waals surface area contributed by atoms with Crippen molar-refractivity contribution in [1.29, 1.82) is 0 Å². The fourth-order valence-electron chi connectivity index (χ4n) is 2.64. The van der Waals surface area contributed by atoms with Crippen LogP contribution in [0.1, 0.15) is 30.5 Å². The highest BCUT2D eigenvalue weighted by molar-refractivity contribution is 5.73. The molecule has 140 valence electrons. The number of rotatable bonds is 9. The Morgan fingerprint density at radius 3 is 1.77 bits per heavy atom. The van der Waals surface area contributed by atoms with Crippen molar-refractivity contribution in [3.63, 3.8) is 0 Å². The average Bonchev–Trinajstić information content (AvgIpc) is 2.70. The van der Waals surface area contributed by atoms with Crippen LogP contribution in [0.5, 0.6) is 5.75 Å². The second-order valence-corrected chi connectivity index (χ2v) is 6.16. The van der Waals surface area contributed by atoms with E-state index < -0.39 is 0 Å². The molecule has 2 aromatic carbocycles. The van der Waals surface area contributed by atoms with E-state index in [0.717, 1.165) is 36.5 Å². The number of carbonyl (C=O) groups excluding carboxylic acids is 1. The lowest BCUT2D eigenvalue weighted by molar-refractivity contribution is 0.240. The number of carbonyl (C=O) groups is 1. The van der Waals surface area contributed by atoms with Crippen LogP contribution in [0, 0.1) is 0 Å². The van der Waals surface area contributed by atoms with E-state index in [-0.39, 0.29) is 6.03 Å². The van der Waals surface area contributed by atoms with E-state index >= 15 is 0 Å². The maximum absolute atomic E-state index is 11.9. The second-order valence-electron chi connectivity index (χ2n) is 6.16. The average molecular weight is 355 g/mol. The summed E-state index contributed by atoms with van der Waals surface area (Å²) in [5, 5.41) is 5.75. The Kier molecular flexibility index (Phi) is 7.96. The first-order valence-corrected chi connectivity index (χ1v) is 9.09. The smallest absolute Gasteiger partial charge is 0.315 e. The number of urea groups is 1. The van der Waals surface area contributed by atoms with Gasteiger partial charge >= 0.3 is 6.03 Å². The number of nitrogens with one attached hydrogen (secondary N) is 2. The number of nitrogens with zero attached hydrogens (tertiary/aromatic N) is 1. The van der Waals surface area contributed by atoms with E-state index in [4.69, 9.17) is 4.74 Å². The Morgan fingerprint density at radius 2 is 1.31 bits per heavy atom. The predicted molar refractivity (Wildman–Crippen MR) is 105 cm³/mol. The summed E-state index contributed by atoms with van der Waals surface area (Å²) in [7, 11) is 1.64. The highest BCUT2D eigenvalue weighted by Gasteiger charge is 2.03. The van der Waals surface area contributed by atoms with E-state index in [1.54, 1.807) is 7.11 Å². The van der Waals surface area contributed by atoms with E-state index in [1.807, 2.05) is 24.3 Å². The third kappa shape index (κ3) is 6.41. The van der Waals surface area contributed by atoms with Gasteiger partial charge in [-0.05, 0) is 41.9 Å². The molecule has 5 heteroatoms. The van der Waals surface area contributed by atoms with Gasteiger partial charge in [0.2, 0.25) is 0 Å². The van der Waals surface area contributed by atoms with Gasteiger partial charge in [-0.25, -0.2) is 4.79 Å². The summed E-state index contributed by atoms with van der Waals surface area (Å²) in [6, 6.07) is 15.9. The molecule has 0 aliphatic carbocycles. The van der Waals surface area contributed by atoms with Gasteiger partial charge in [-0.15, -0.1) is 0 Å². The van der Waals surface area contributed by atoms with Gasteiger partial charge in [0.25, 0.3) is 0 Å². The standard InChI is InChI=1S/C21H29N3O2/c1-4-24(5-2)16-19-8-6-17(7-9-19)14-22-21(25)23-15-18-10-12-20(26-3)13-11-18/h6-13H,4-5,14-16H2,1-3H3,(H2,22,23,25). The minimum Gasteiger partial charge on any atom is -0.497 e. The number of hydrogen-bond donors (Lipinski definition) is 2. The topological polar surface area (TPSA) is 53.6 Å². The third-order valence-electron chi connectivity index (χ3n) is 4.39. The van der Waals surface area contributed by atoms with E-state index in [1.165, 1.54) is 5.56 Å². The largest absolute Gasteiger partial charge is 0.497 e. The molecule has 0 saturated heterocycles. The number of amides is 2. The number of methoxy groups -OCH3 is 1. The van der Waals surface area contributed by atoms with Crippen LogP contribution >= 0.6 is 0 Å². The molecule has 2 N–H and O–H groups in total. The van der Waals surface area contributed by atoms with Gasteiger partial charge in [-0.1, -0.05) is 50.2 Å². The maximum atomic E-state index is 11.9. The summed E-state index contributed by atoms with van der Waals surface area (Å²) in [5.74, 6) is 0.808. The van der Waals surface area contributed by atoms with E-state index in [0.29, 0.717) is 13.1 Å². The van der Waals surface area contributed by atoms with Crippen LogP contribution < -0.4 is 15.4 Å². The summed E-state index contributed by atoms with van der Waals surface area (Å²) >= 11 is 0. The molecule has 0 aliphatic rings. The van der Waals surface area contributed by atoms with Gasteiger partial charge in [0.1, 0.15) is 5.75 Å². The molecule has 5 nitrogen and oxygen atoms in total. The molecule has 0 saturated carbocycles. The van der Waals surface area contributed by atoms with Crippen molar-refractivity contribution in [2.45, 2.75) is 33.5 Å². The molecule has 0 aromatic heterocycles. The molecule has 2 aromatic rings. The molecule has 0 unspecified atom stereocenters. The Balaban J connectivity index is 1.74. The molecule has 0 spiro atoms. The van der Waals surface area contributed by atoms with Gasteiger partial charge in [0, 0.05) is 19.6 Å². The zero-order chi connectivity index (χ0) is 18.8. The lowest BCUT2D eigenvalue weighted by Crippen LogP contribution is -2.34. The first kappa shape index (κ1) is 19.8. The van der Waals surface area contributed by atoms with Crippen molar-refractivity contribution in [3.05, 3.63) is 65.2 Å². The Labute approximate surface area is 156 Å². The van der Waals surface area contributed by atoms with Gasteiger partial charge < -0.3 is 15.4 Å². The van der Waals surface area contributed by atoms with Crippen molar-refractivity contribution >= 4 is 6.03 Å². The molecule has 0 bridgehead atoms. The third-order valence-corrected chi connectivity index (χ3v) is 4.39. The monoisotopic (exact) mass is 355 g/mol. The minimum atomic E-state index is -0.173. The van der Waals surface area contributed by atoms with Crippen molar-refractivity contribution in [1.82, 2.24) is 15.5 Å². The van der Waals surface area contributed by atoms with Crippen LogP contribution in [0.3, 0.4) is 0 Å². The quantitative estimate of drug-likeness (QED) is 0.723. The summed E-state index contributed by atoms with van der Waals surface area (Å²) in [5.41, 5.74) is 3.41. The molecule has 0 aliphatic heterocycles. The molecule has 2 rings (SSSR count). The summed E-state index contributed by atoms with van der Waals surface area (Å²) in [4.78, 5) is 14.3. The molecule has 0 fully saturated rings. The highest BCUT2D eigenvalue weighted by Crippen LogP contribution is 2.11. The molecular formula is C21H29N3O2. The van der Waals surface area contributed by atoms with Crippen LogP contribution in [0.25, 0.3) is 0 Å². The van der Waals surface area contributed by atoms with Crippen molar-refractivity contribution in [2.24, 2.45) is 0 Å². The van der Waals surface area contributed by atoms with Gasteiger partial charge in [-0.3, -0.25) is 4.90 Å². The lowest BCUT2D eigenvalue weighted by Gasteiger charge is -2.18. The van der Waals surface area contributed by atoms with Gasteiger partial charge in [0.15, 0.2) is 0 Å². The van der Waals surface area contributed by atoms with E-state index in [9.17, 15) is 4.79 Å². The second kappa shape index (κ2) is 10.5. The zero-order valence-electron chi connectivity index (χ0n) is 15.9. The minimum absolute atomic E-state index is 0.173. The molecule has 2 amide bonds. The highest BCUT2D eigenvalue weighted by atomic mass is 16.5.